The van der Waals surface area contributed by atoms with Crippen LogP contribution in [0.25, 0.3) is 0 Å². The third-order valence-electron chi connectivity index (χ3n) is 3.38. The van der Waals surface area contributed by atoms with Gasteiger partial charge in [-0.15, -0.1) is 11.3 Å². The molecule has 0 spiro atoms. The average Bonchev–Trinajstić information content (AvgIpc) is 2.91. The van der Waals surface area contributed by atoms with Crippen LogP contribution in [0.15, 0.2) is 35.7 Å². The highest BCUT2D eigenvalue weighted by atomic mass is 32.1. The summed E-state index contributed by atoms with van der Waals surface area (Å²) in [6.07, 6.45) is 2.07. The van der Waals surface area contributed by atoms with E-state index >= 15 is 0 Å². The van der Waals surface area contributed by atoms with E-state index in [-0.39, 0.29) is 6.04 Å². The van der Waals surface area contributed by atoms with Crippen LogP contribution in [0.3, 0.4) is 0 Å². The Labute approximate surface area is 125 Å². The number of hydrogen-bond acceptors (Lipinski definition) is 4. The molecule has 0 fully saturated rings. The van der Waals surface area contributed by atoms with E-state index in [0.717, 1.165) is 30.1 Å². The number of nitrogens with two attached hydrogens (primary N) is 1. The van der Waals surface area contributed by atoms with Crippen molar-refractivity contribution in [3.63, 3.8) is 0 Å². The van der Waals surface area contributed by atoms with E-state index < -0.39 is 0 Å². The zero-order chi connectivity index (χ0) is 14.4. The van der Waals surface area contributed by atoms with Gasteiger partial charge >= 0.3 is 0 Å². The summed E-state index contributed by atoms with van der Waals surface area (Å²) in [4.78, 5) is 4.50. The first-order valence-corrected chi connectivity index (χ1v) is 8.00. The minimum atomic E-state index is 0.135. The van der Waals surface area contributed by atoms with Crippen molar-refractivity contribution in [2.45, 2.75) is 38.8 Å². The first-order chi connectivity index (χ1) is 9.66. The zero-order valence-electron chi connectivity index (χ0n) is 12.2. The lowest BCUT2D eigenvalue weighted by Gasteiger charge is -2.14. The third kappa shape index (κ3) is 4.40. The van der Waals surface area contributed by atoms with Crippen LogP contribution in [0.1, 0.15) is 48.1 Å². The monoisotopic (exact) mass is 289 g/mol. The zero-order valence-corrected chi connectivity index (χ0v) is 13.0. The molecule has 2 atom stereocenters. The Kier molecular flexibility index (Phi) is 5.71. The number of nitrogens with one attached hydrogen (secondary N) is 1. The van der Waals surface area contributed by atoms with Crippen molar-refractivity contribution in [3.05, 3.63) is 52.0 Å². The summed E-state index contributed by atoms with van der Waals surface area (Å²) in [5.41, 5.74) is 8.51. The van der Waals surface area contributed by atoms with Gasteiger partial charge in [-0.05, 0) is 38.8 Å². The molecule has 2 aromatic rings. The Morgan fingerprint density at radius 3 is 2.70 bits per heavy atom. The Morgan fingerprint density at radius 2 is 2.05 bits per heavy atom. The molecule has 1 aromatic carbocycles. The van der Waals surface area contributed by atoms with Crippen LogP contribution in [0.2, 0.25) is 0 Å². The maximum atomic E-state index is 6.19. The number of benzene rings is 1. The Bertz CT molecular complexity index is 509. The van der Waals surface area contributed by atoms with Gasteiger partial charge in [0, 0.05) is 17.1 Å². The predicted molar refractivity (Wildman–Crippen MR) is 85.9 cm³/mol. The van der Waals surface area contributed by atoms with E-state index in [1.807, 2.05) is 25.1 Å². The van der Waals surface area contributed by atoms with Gasteiger partial charge in [0.1, 0.15) is 5.01 Å². The highest BCUT2D eigenvalue weighted by Crippen LogP contribution is 2.18. The predicted octanol–water partition coefficient (Wildman–Crippen LogP) is 3.58. The van der Waals surface area contributed by atoms with E-state index in [9.17, 15) is 0 Å². The molecule has 2 unspecified atom stereocenters. The van der Waals surface area contributed by atoms with Gasteiger partial charge in [-0.25, -0.2) is 4.98 Å². The Balaban J connectivity index is 1.69. The van der Waals surface area contributed by atoms with E-state index in [1.165, 1.54) is 5.56 Å². The van der Waals surface area contributed by atoms with Gasteiger partial charge in [-0.1, -0.05) is 30.3 Å². The minimum Gasteiger partial charge on any atom is -0.324 e. The first kappa shape index (κ1) is 15.2. The summed E-state index contributed by atoms with van der Waals surface area (Å²) in [7, 11) is 0. The molecule has 3 nitrogen and oxygen atoms in total. The minimum absolute atomic E-state index is 0.135. The molecule has 0 aliphatic rings. The van der Waals surface area contributed by atoms with Gasteiger partial charge < -0.3 is 11.1 Å². The van der Waals surface area contributed by atoms with Crippen LogP contribution in [0.5, 0.6) is 0 Å². The molecule has 1 aromatic heterocycles. The van der Waals surface area contributed by atoms with Crippen LogP contribution in [-0.2, 0) is 0 Å². The number of rotatable bonds is 7. The molecule has 0 radical (unpaired) electrons. The lowest BCUT2D eigenvalue weighted by atomic mass is 10.0. The largest absolute Gasteiger partial charge is 0.324 e. The second kappa shape index (κ2) is 7.53. The molecule has 108 valence electrons. The maximum Gasteiger partial charge on any atom is 0.110 e. The summed E-state index contributed by atoms with van der Waals surface area (Å²) in [5, 5.41) is 6.77. The third-order valence-corrected chi connectivity index (χ3v) is 4.52. The van der Waals surface area contributed by atoms with E-state index in [0.29, 0.717) is 6.04 Å². The average molecular weight is 289 g/mol. The van der Waals surface area contributed by atoms with Crippen LogP contribution in [0, 0.1) is 6.92 Å². The molecule has 0 aliphatic carbocycles. The molecular formula is C16H23N3S. The fraction of sp³-hybridized carbons (Fsp3) is 0.438. The van der Waals surface area contributed by atoms with Crippen LogP contribution < -0.4 is 11.1 Å². The summed E-state index contributed by atoms with van der Waals surface area (Å²) in [6, 6.07) is 10.8. The van der Waals surface area contributed by atoms with Crippen molar-refractivity contribution in [2.75, 3.05) is 6.54 Å². The Hall–Kier alpha value is -1.23. The second-order valence-corrected chi connectivity index (χ2v) is 6.05. The molecule has 4 heteroatoms. The van der Waals surface area contributed by atoms with Gasteiger partial charge in [0.15, 0.2) is 0 Å². The highest BCUT2D eigenvalue weighted by molar-refractivity contribution is 7.09. The molecule has 3 N–H and O–H groups in total. The molecule has 0 saturated heterocycles. The lowest BCUT2D eigenvalue weighted by Crippen LogP contribution is -2.21. The normalized spacial score (nSPS) is 14.2. The van der Waals surface area contributed by atoms with Gasteiger partial charge in [0.25, 0.3) is 0 Å². The van der Waals surface area contributed by atoms with E-state index in [4.69, 9.17) is 5.73 Å². The molecular weight excluding hydrogens is 266 g/mol. The number of hydrogen-bond donors (Lipinski definition) is 2. The molecule has 1 heterocycles. The first-order valence-electron chi connectivity index (χ1n) is 7.12. The quantitative estimate of drug-likeness (QED) is 0.766. The SMILES string of the molecule is Cc1csc(C(C)NCCCC(N)c2ccccc2)n1. The number of thiazole rings is 1. The van der Waals surface area contributed by atoms with Gasteiger partial charge in [-0.3, -0.25) is 0 Å². The summed E-state index contributed by atoms with van der Waals surface area (Å²) in [5.74, 6) is 0. The fourth-order valence-corrected chi connectivity index (χ4v) is 2.99. The topological polar surface area (TPSA) is 50.9 Å². The second-order valence-electron chi connectivity index (χ2n) is 5.16. The number of nitrogens with zero attached hydrogens (tertiary/aromatic N) is 1. The summed E-state index contributed by atoms with van der Waals surface area (Å²) >= 11 is 1.72. The van der Waals surface area contributed by atoms with Gasteiger partial charge in [0.2, 0.25) is 0 Å². The smallest absolute Gasteiger partial charge is 0.110 e. The summed E-state index contributed by atoms with van der Waals surface area (Å²) in [6.45, 7) is 5.17. The standard InChI is InChI=1S/C16H23N3S/c1-12-11-20-16(19-12)13(2)18-10-6-9-15(17)14-7-4-3-5-8-14/h3-5,7-8,11,13,15,18H,6,9-10,17H2,1-2H3. The van der Waals surface area contributed by atoms with E-state index in [2.05, 4.69) is 34.7 Å². The fourth-order valence-electron chi connectivity index (χ4n) is 2.17. The van der Waals surface area contributed by atoms with Crippen molar-refractivity contribution < 1.29 is 0 Å². The Morgan fingerprint density at radius 1 is 1.30 bits per heavy atom. The van der Waals surface area contributed by atoms with E-state index in [1.54, 1.807) is 11.3 Å². The number of aryl methyl sites for hydroxylation is 1. The van der Waals surface area contributed by atoms with Crippen molar-refractivity contribution in [1.82, 2.24) is 10.3 Å². The van der Waals surface area contributed by atoms with Crippen molar-refractivity contribution in [1.29, 1.82) is 0 Å². The van der Waals surface area contributed by atoms with Crippen molar-refractivity contribution in [3.8, 4) is 0 Å². The van der Waals surface area contributed by atoms with Crippen LogP contribution >= 0.6 is 11.3 Å². The highest BCUT2D eigenvalue weighted by Gasteiger charge is 2.09. The molecule has 0 bridgehead atoms. The molecule has 20 heavy (non-hydrogen) atoms. The molecule has 2 rings (SSSR count). The van der Waals surface area contributed by atoms with Gasteiger partial charge in [-0.2, -0.15) is 0 Å². The lowest BCUT2D eigenvalue weighted by molar-refractivity contribution is 0.519. The molecule has 0 saturated carbocycles. The van der Waals surface area contributed by atoms with Crippen molar-refractivity contribution >= 4 is 11.3 Å². The van der Waals surface area contributed by atoms with Crippen LogP contribution in [-0.4, -0.2) is 11.5 Å². The van der Waals surface area contributed by atoms with Gasteiger partial charge in [0.05, 0.1) is 6.04 Å². The summed E-state index contributed by atoms with van der Waals surface area (Å²) < 4.78 is 0. The number of aromatic nitrogens is 1. The maximum absolute atomic E-state index is 6.19. The van der Waals surface area contributed by atoms with Crippen molar-refractivity contribution in [2.24, 2.45) is 5.73 Å². The molecule has 0 aliphatic heterocycles. The molecule has 0 amide bonds. The van der Waals surface area contributed by atoms with Crippen LogP contribution in [0.4, 0.5) is 0 Å².